The van der Waals surface area contributed by atoms with E-state index in [-0.39, 0.29) is 16.9 Å². The van der Waals surface area contributed by atoms with E-state index >= 15 is 0 Å². The van der Waals surface area contributed by atoms with E-state index in [1.54, 1.807) is 0 Å². The summed E-state index contributed by atoms with van der Waals surface area (Å²) in [6.45, 7) is 0. The van der Waals surface area contributed by atoms with Crippen LogP contribution in [0.1, 0.15) is 15.9 Å². The van der Waals surface area contributed by atoms with E-state index in [1.165, 1.54) is 24.3 Å². The van der Waals surface area contributed by atoms with Gasteiger partial charge in [-0.2, -0.15) is 0 Å². The van der Waals surface area contributed by atoms with Crippen molar-refractivity contribution in [2.45, 2.75) is 0 Å². The molecule has 0 aromatic heterocycles. The molecule has 20 heavy (non-hydrogen) atoms. The summed E-state index contributed by atoms with van der Waals surface area (Å²) in [7, 11) is 0. The molecule has 0 aliphatic rings. The maximum atomic E-state index is 12.5. The second-order valence-corrected chi connectivity index (χ2v) is 6.41. The SMILES string of the molecule is O=C(c1cc(O)ccc1Br)c1c(O)c(O)cc(Br)c1Br. The first-order valence-electron chi connectivity index (χ1n) is 5.26. The Morgan fingerprint density at radius 1 is 0.950 bits per heavy atom. The molecule has 3 N–H and O–H groups in total. The minimum Gasteiger partial charge on any atom is -0.508 e. The number of carbonyl (C=O) groups excluding carboxylic acids is 1. The van der Waals surface area contributed by atoms with Crippen LogP contribution in [0, 0.1) is 0 Å². The van der Waals surface area contributed by atoms with Crippen molar-refractivity contribution in [3.63, 3.8) is 0 Å². The van der Waals surface area contributed by atoms with Crippen molar-refractivity contribution in [1.82, 2.24) is 0 Å². The van der Waals surface area contributed by atoms with Gasteiger partial charge in [0.2, 0.25) is 0 Å². The van der Waals surface area contributed by atoms with E-state index in [1.807, 2.05) is 0 Å². The van der Waals surface area contributed by atoms with E-state index in [0.29, 0.717) is 13.4 Å². The normalized spacial score (nSPS) is 10.6. The number of halogens is 3. The molecule has 0 aliphatic heterocycles. The molecule has 0 amide bonds. The molecule has 0 fully saturated rings. The van der Waals surface area contributed by atoms with Gasteiger partial charge in [-0.25, -0.2) is 0 Å². The van der Waals surface area contributed by atoms with Gasteiger partial charge < -0.3 is 15.3 Å². The average molecular weight is 467 g/mol. The number of aromatic hydroxyl groups is 3. The molecule has 2 rings (SSSR count). The van der Waals surface area contributed by atoms with Crippen LogP contribution in [0.25, 0.3) is 0 Å². The lowest BCUT2D eigenvalue weighted by molar-refractivity contribution is 0.103. The average Bonchev–Trinajstić information content (AvgIpc) is 2.39. The van der Waals surface area contributed by atoms with Crippen LogP contribution >= 0.6 is 47.8 Å². The molecule has 0 atom stereocenters. The van der Waals surface area contributed by atoms with Crippen molar-refractivity contribution in [1.29, 1.82) is 0 Å². The van der Waals surface area contributed by atoms with E-state index in [4.69, 9.17) is 0 Å². The zero-order chi connectivity index (χ0) is 15.0. The first kappa shape index (κ1) is 15.3. The van der Waals surface area contributed by atoms with E-state index in [0.717, 1.165) is 0 Å². The van der Waals surface area contributed by atoms with Gasteiger partial charge in [-0.3, -0.25) is 4.79 Å². The molecule has 104 valence electrons. The second kappa shape index (κ2) is 5.75. The van der Waals surface area contributed by atoms with Crippen LogP contribution in [0.5, 0.6) is 17.2 Å². The molecular weight excluding hydrogens is 460 g/mol. The predicted octanol–water partition coefficient (Wildman–Crippen LogP) is 4.32. The first-order valence-corrected chi connectivity index (χ1v) is 7.64. The Morgan fingerprint density at radius 2 is 1.60 bits per heavy atom. The third-order valence-electron chi connectivity index (χ3n) is 2.59. The summed E-state index contributed by atoms with van der Waals surface area (Å²) in [4.78, 5) is 12.5. The van der Waals surface area contributed by atoms with Crippen molar-refractivity contribution >= 4 is 53.6 Å². The summed E-state index contributed by atoms with van der Waals surface area (Å²) in [5.74, 6) is -1.57. The second-order valence-electron chi connectivity index (χ2n) is 3.91. The molecule has 0 spiro atoms. The van der Waals surface area contributed by atoms with Gasteiger partial charge in [0.15, 0.2) is 17.3 Å². The molecule has 0 saturated carbocycles. The third-order valence-corrected chi connectivity index (χ3v) is 5.27. The quantitative estimate of drug-likeness (QED) is 0.455. The summed E-state index contributed by atoms with van der Waals surface area (Å²) in [5.41, 5.74) is 0.0710. The Labute approximate surface area is 139 Å². The molecule has 2 aromatic rings. The number of rotatable bonds is 2. The largest absolute Gasteiger partial charge is 0.508 e. The smallest absolute Gasteiger partial charge is 0.199 e. The third kappa shape index (κ3) is 2.70. The highest BCUT2D eigenvalue weighted by molar-refractivity contribution is 9.13. The van der Waals surface area contributed by atoms with Crippen LogP contribution in [0.3, 0.4) is 0 Å². The van der Waals surface area contributed by atoms with E-state index in [2.05, 4.69) is 47.8 Å². The molecular formula is C13H7Br3O4. The summed E-state index contributed by atoms with van der Waals surface area (Å²) >= 11 is 9.57. The molecule has 0 bridgehead atoms. The monoisotopic (exact) mass is 464 g/mol. The van der Waals surface area contributed by atoms with Crippen molar-refractivity contribution in [2.75, 3.05) is 0 Å². The van der Waals surface area contributed by atoms with E-state index < -0.39 is 17.3 Å². The molecule has 0 aliphatic carbocycles. The molecule has 0 radical (unpaired) electrons. The summed E-state index contributed by atoms with van der Waals surface area (Å²) in [6.07, 6.45) is 0. The van der Waals surface area contributed by atoms with Crippen molar-refractivity contribution < 1.29 is 20.1 Å². The first-order chi connectivity index (χ1) is 9.32. The van der Waals surface area contributed by atoms with Crippen LogP contribution in [0.4, 0.5) is 0 Å². The highest BCUT2D eigenvalue weighted by atomic mass is 79.9. The van der Waals surface area contributed by atoms with Gasteiger partial charge in [0.25, 0.3) is 0 Å². The fourth-order valence-corrected chi connectivity index (χ4v) is 2.96. The van der Waals surface area contributed by atoms with Crippen LogP contribution < -0.4 is 0 Å². The summed E-state index contributed by atoms with van der Waals surface area (Å²) in [6, 6.07) is 5.49. The zero-order valence-corrected chi connectivity index (χ0v) is 14.5. The predicted molar refractivity (Wildman–Crippen MR) is 84.4 cm³/mol. The Bertz CT molecular complexity index is 687. The Hall–Kier alpha value is -1.05. The number of hydrogen-bond acceptors (Lipinski definition) is 4. The minimum atomic E-state index is -0.547. The van der Waals surface area contributed by atoms with Gasteiger partial charge in [0.05, 0.1) is 5.56 Å². The van der Waals surface area contributed by atoms with Crippen LogP contribution in [-0.2, 0) is 0 Å². The van der Waals surface area contributed by atoms with E-state index in [9.17, 15) is 20.1 Å². The standard InChI is InChI=1S/C13H7Br3O4/c14-7-2-1-5(17)3-6(7)12(19)10-11(16)8(15)4-9(18)13(10)20/h1-4,17-18,20H. The molecule has 2 aromatic carbocycles. The van der Waals surface area contributed by atoms with Gasteiger partial charge in [-0.15, -0.1) is 0 Å². The fraction of sp³-hybridized carbons (Fsp3) is 0. The number of phenols is 3. The number of phenolic OH excluding ortho intramolecular Hbond substituents is 3. The van der Waals surface area contributed by atoms with Crippen LogP contribution in [0.2, 0.25) is 0 Å². The van der Waals surface area contributed by atoms with Gasteiger partial charge in [0, 0.05) is 19.0 Å². The lowest BCUT2D eigenvalue weighted by atomic mass is 10.0. The van der Waals surface area contributed by atoms with Crippen LogP contribution in [-0.4, -0.2) is 21.1 Å². The number of hydrogen-bond donors (Lipinski definition) is 3. The topological polar surface area (TPSA) is 77.8 Å². The number of ketones is 1. The number of benzene rings is 2. The zero-order valence-electron chi connectivity index (χ0n) is 9.69. The van der Waals surface area contributed by atoms with Gasteiger partial charge >= 0.3 is 0 Å². The van der Waals surface area contributed by atoms with Gasteiger partial charge in [-0.1, -0.05) is 15.9 Å². The fourth-order valence-electron chi connectivity index (χ4n) is 1.63. The van der Waals surface area contributed by atoms with Crippen molar-refractivity contribution in [3.05, 3.63) is 48.8 Å². The molecule has 7 heteroatoms. The maximum absolute atomic E-state index is 12.5. The Kier molecular flexibility index (Phi) is 4.41. The molecule has 4 nitrogen and oxygen atoms in total. The lowest BCUT2D eigenvalue weighted by Gasteiger charge is -2.11. The summed E-state index contributed by atoms with van der Waals surface area (Å²) < 4.78 is 1.20. The molecule has 0 unspecified atom stereocenters. The highest BCUT2D eigenvalue weighted by Crippen LogP contribution is 2.41. The van der Waals surface area contributed by atoms with Gasteiger partial charge in [-0.05, 0) is 56.1 Å². The van der Waals surface area contributed by atoms with Crippen molar-refractivity contribution in [3.8, 4) is 17.2 Å². The van der Waals surface area contributed by atoms with Gasteiger partial charge in [0.1, 0.15) is 5.75 Å². The Morgan fingerprint density at radius 3 is 2.25 bits per heavy atom. The number of carbonyl (C=O) groups is 1. The maximum Gasteiger partial charge on any atom is 0.199 e. The molecule has 0 saturated heterocycles. The Balaban J connectivity index is 2.68. The van der Waals surface area contributed by atoms with Crippen LogP contribution in [0.15, 0.2) is 37.7 Å². The van der Waals surface area contributed by atoms with Crippen molar-refractivity contribution in [2.24, 2.45) is 0 Å². The minimum absolute atomic E-state index is 0.0774. The lowest BCUT2D eigenvalue weighted by Crippen LogP contribution is -2.04. The summed E-state index contributed by atoms with van der Waals surface area (Å²) in [5, 5.41) is 29.0. The highest BCUT2D eigenvalue weighted by Gasteiger charge is 2.24. The molecule has 0 heterocycles.